The number of furan rings is 1. The number of aromatic nitrogens is 3. The van der Waals surface area contributed by atoms with Gasteiger partial charge in [-0.2, -0.15) is 5.10 Å². The molecule has 1 aromatic carbocycles. The molecule has 5 nitrogen and oxygen atoms in total. The van der Waals surface area contributed by atoms with Gasteiger partial charge in [-0.3, -0.25) is 10.4 Å². The maximum absolute atomic E-state index is 5.56. The van der Waals surface area contributed by atoms with Crippen molar-refractivity contribution < 1.29 is 4.42 Å². The Balaban J connectivity index is 1.87. The van der Waals surface area contributed by atoms with E-state index in [1.807, 2.05) is 37.3 Å². The van der Waals surface area contributed by atoms with Crippen molar-refractivity contribution in [2.45, 2.75) is 19.0 Å². The first kappa shape index (κ1) is 12.6. The van der Waals surface area contributed by atoms with Gasteiger partial charge in [0.15, 0.2) is 0 Å². The van der Waals surface area contributed by atoms with Crippen molar-refractivity contribution in [1.29, 1.82) is 0 Å². The van der Waals surface area contributed by atoms with Gasteiger partial charge in [0.2, 0.25) is 0 Å². The van der Waals surface area contributed by atoms with Gasteiger partial charge in [-0.25, -0.2) is 4.98 Å². The molecule has 0 saturated heterocycles. The van der Waals surface area contributed by atoms with E-state index in [4.69, 9.17) is 4.42 Å². The molecule has 0 saturated carbocycles. The van der Waals surface area contributed by atoms with Crippen LogP contribution in [0.2, 0.25) is 0 Å². The summed E-state index contributed by atoms with van der Waals surface area (Å²) in [5.74, 6) is 1.68. The summed E-state index contributed by atoms with van der Waals surface area (Å²) in [4.78, 5) is 4.18. The molecule has 2 N–H and O–H groups in total. The summed E-state index contributed by atoms with van der Waals surface area (Å²) in [5, 5.41) is 10.3. The lowest BCUT2D eigenvalue weighted by molar-refractivity contribution is 0.412. The second-order valence-electron chi connectivity index (χ2n) is 4.62. The van der Waals surface area contributed by atoms with E-state index in [2.05, 4.69) is 32.6 Å². The van der Waals surface area contributed by atoms with Gasteiger partial charge in [-0.1, -0.05) is 30.3 Å². The molecule has 3 rings (SSSR count). The molecule has 0 aliphatic heterocycles. The summed E-state index contributed by atoms with van der Waals surface area (Å²) in [6.45, 7) is 2.04. The molecule has 3 aromatic rings. The van der Waals surface area contributed by atoms with E-state index in [9.17, 15) is 0 Å². The van der Waals surface area contributed by atoms with Crippen LogP contribution >= 0.6 is 0 Å². The van der Waals surface area contributed by atoms with Gasteiger partial charge in [0, 0.05) is 0 Å². The minimum Gasteiger partial charge on any atom is -0.467 e. The maximum atomic E-state index is 5.56. The van der Waals surface area contributed by atoms with E-state index in [1.54, 1.807) is 6.26 Å². The Labute approximate surface area is 117 Å². The minimum atomic E-state index is -0.0219. The zero-order valence-electron chi connectivity index (χ0n) is 11.2. The molecule has 102 valence electrons. The summed E-state index contributed by atoms with van der Waals surface area (Å²) in [7, 11) is 0. The molecule has 2 heterocycles. The summed E-state index contributed by atoms with van der Waals surface area (Å²) in [6, 6.07) is 14.1. The van der Waals surface area contributed by atoms with Crippen LogP contribution in [-0.4, -0.2) is 15.2 Å². The van der Waals surface area contributed by atoms with Gasteiger partial charge >= 0.3 is 0 Å². The van der Waals surface area contributed by atoms with Crippen molar-refractivity contribution in [2.75, 3.05) is 0 Å². The van der Waals surface area contributed by atoms with Crippen molar-refractivity contribution in [3.8, 4) is 0 Å². The topological polar surface area (TPSA) is 66.7 Å². The predicted octanol–water partition coefficient (Wildman–Crippen LogP) is 2.84. The monoisotopic (exact) mass is 268 g/mol. The minimum absolute atomic E-state index is 0.0219. The van der Waals surface area contributed by atoms with Crippen molar-refractivity contribution in [3.63, 3.8) is 0 Å². The van der Waals surface area contributed by atoms with E-state index >= 15 is 0 Å². The highest BCUT2D eigenvalue weighted by Gasteiger charge is 2.20. The third-order valence-electron chi connectivity index (χ3n) is 3.22. The van der Waals surface area contributed by atoms with Gasteiger partial charge in [-0.15, -0.1) is 0 Å². The first-order valence-corrected chi connectivity index (χ1v) is 6.54. The van der Waals surface area contributed by atoms with Crippen LogP contribution in [0.1, 0.15) is 36.2 Å². The number of rotatable bonds is 5. The van der Waals surface area contributed by atoms with Crippen LogP contribution in [0.25, 0.3) is 0 Å². The highest BCUT2D eigenvalue weighted by Crippen LogP contribution is 2.25. The van der Waals surface area contributed by atoms with E-state index < -0.39 is 0 Å². The Hall–Kier alpha value is -2.40. The molecule has 20 heavy (non-hydrogen) atoms. The second-order valence-corrected chi connectivity index (χ2v) is 4.62. The summed E-state index contributed by atoms with van der Waals surface area (Å²) in [5.41, 5.74) is 1.15. The number of hydrogen-bond donors (Lipinski definition) is 2. The van der Waals surface area contributed by atoms with E-state index in [0.29, 0.717) is 0 Å². The number of hydrogen-bond acceptors (Lipinski definition) is 4. The molecule has 0 aliphatic rings. The van der Waals surface area contributed by atoms with Gasteiger partial charge < -0.3 is 4.42 Å². The first-order chi connectivity index (χ1) is 9.84. The third kappa shape index (κ3) is 2.62. The fourth-order valence-electron chi connectivity index (χ4n) is 2.20. The molecule has 0 amide bonds. The van der Waals surface area contributed by atoms with Gasteiger partial charge in [0.1, 0.15) is 17.9 Å². The van der Waals surface area contributed by atoms with Gasteiger partial charge in [0.25, 0.3) is 0 Å². The van der Waals surface area contributed by atoms with Crippen molar-refractivity contribution in [1.82, 2.24) is 20.5 Å². The lowest BCUT2D eigenvalue weighted by Gasteiger charge is -2.20. The molecule has 0 radical (unpaired) electrons. The second kappa shape index (κ2) is 5.71. The maximum Gasteiger partial charge on any atom is 0.141 e. The summed E-state index contributed by atoms with van der Waals surface area (Å²) < 4.78 is 5.56. The van der Waals surface area contributed by atoms with Crippen LogP contribution in [0.15, 0.2) is 59.5 Å². The molecule has 2 atom stereocenters. The average Bonchev–Trinajstić information content (AvgIpc) is 3.18. The quantitative estimate of drug-likeness (QED) is 0.746. The van der Waals surface area contributed by atoms with E-state index in [1.165, 1.54) is 6.33 Å². The van der Waals surface area contributed by atoms with Gasteiger partial charge in [-0.05, 0) is 24.6 Å². The lowest BCUT2D eigenvalue weighted by Crippen LogP contribution is -2.26. The fourth-order valence-corrected chi connectivity index (χ4v) is 2.20. The largest absolute Gasteiger partial charge is 0.467 e. The molecule has 0 bridgehead atoms. The number of nitrogens with one attached hydrogen (secondary N) is 2. The Bertz CT molecular complexity index is 619. The highest BCUT2D eigenvalue weighted by atomic mass is 16.3. The Morgan fingerprint density at radius 2 is 2.00 bits per heavy atom. The first-order valence-electron chi connectivity index (χ1n) is 6.54. The molecule has 0 fully saturated rings. The van der Waals surface area contributed by atoms with Crippen LogP contribution in [0.4, 0.5) is 0 Å². The summed E-state index contributed by atoms with van der Waals surface area (Å²) in [6.07, 6.45) is 3.20. The van der Waals surface area contributed by atoms with Crippen LogP contribution in [-0.2, 0) is 0 Å². The van der Waals surface area contributed by atoms with Crippen LogP contribution in [0, 0.1) is 0 Å². The van der Waals surface area contributed by atoms with Crippen LogP contribution in [0.5, 0.6) is 0 Å². The molecular weight excluding hydrogens is 252 g/mol. The molecule has 0 spiro atoms. The SMILES string of the molecule is CC(NC(c1ccccc1)c1ccco1)c1ncn[nH]1. The predicted molar refractivity (Wildman–Crippen MR) is 74.9 cm³/mol. The molecule has 0 aliphatic carbocycles. The van der Waals surface area contributed by atoms with Crippen molar-refractivity contribution in [2.24, 2.45) is 0 Å². The number of nitrogens with zero attached hydrogens (tertiary/aromatic N) is 2. The van der Waals surface area contributed by atoms with Crippen LogP contribution in [0.3, 0.4) is 0 Å². The number of benzene rings is 1. The van der Waals surface area contributed by atoms with Crippen molar-refractivity contribution >= 4 is 0 Å². The van der Waals surface area contributed by atoms with E-state index in [-0.39, 0.29) is 12.1 Å². The zero-order chi connectivity index (χ0) is 13.8. The molecule has 2 aromatic heterocycles. The molecular formula is C15H16N4O. The Morgan fingerprint density at radius 3 is 2.65 bits per heavy atom. The molecule has 2 unspecified atom stereocenters. The normalized spacial score (nSPS) is 14.1. The van der Waals surface area contributed by atoms with E-state index in [0.717, 1.165) is 17.1 Å². The fraction of sp³-hybridized carbons (Fsp3) is 0.200. The standard InChI is InChI=1S/C15H16N4O/c1-11(15-16-10-17-19-15)18-14(13-8-5-9-20-13)12-6-3-2-4-7-12/h2-11,14,18H,1H3,(H,16,17,19). The van der Waals surface area contributed by atoms with Gasteiger partial charge in [0.05, 0.1) is 18.3 Å². The zero-order valence-corrected chi connectivity index (χ0v) is 11.2. The Kier molecular flexibility index (Phi) is 3.60. The number of H-pyrrole nitrogens is 1. The Morgan fingerprint density at radius 1 is 1.15 bits per heavy atom. The molecule has 5 heteroatoms. The van der Waals surface area contributed by atoms with Crippen LogP contribution < -0.4 is 5.32 Å². The smallest absolute Gasteiger partial charge is 0.141 e. The van der Waals surface area contributed by atoms with Crippen molar-refractivity contribution in [3.05, 3.63) is 72.2 Å². The number of aromatic amines is 1. The average molecular weight is 268 g/mol. The highest BCUT2D eigenvalue weighted by molar-refractivity contribution is 5.26. The third-order valence-corrected chi connectivity index (χ3v) is 3.22. The summed E-state index contributed by atoms with van der Waals surface area (Å²) >= 11 is 0. The lowest BCUT2D eigenvalue weighted by atomic mass is 10.0.